The number of hydrogen-bond donors (Lipinski definition) is 1. The monoisotopic (exact) mass is 264 g/mol. The molecule has 0 spiro atoms. The van der Waals surface area contributed by atoms with Gasteiger partial charge in [0, 0.05) is 17.9 Å². The zero-order valence-corrected chi connectivity index (χ0v) is 10.5. The molecule has 94 valence electrons. The first kappa shape index (κ1) is 11.5. The van der Waals surface area contributed by atoms with Gasteiger partial charge in [-0.1, -0.05) is 5.16 Å². The van der Waals surface area contributed by atoms with Crippen molar-refractivity contribution < 1.29 is 9.26 Å². The van der Waals surface area contributed by atoms with Crippen LogP contribution in [0.1, 0.15) is 24.7 Å². The Bertz CT molecular complexity index is 541. The van der Waals surface area contributed by atoms with E-state index < -0.39 is 0 Å². The van der Waals surface area contributed by atoms with Gasteiger partial charge < -0.3 is 9.26 Å². The highest BCUT2D eigenvalue weighted by atomic mass is 32.1. The van der Waals surface area contributed by atoms with Gasteiger partial charge in [-0.05, 0) is 18.9 Å². The number of aromatic nitrogens is 4. The summed E-state index contributed by atoms with van der Waals surface area (Å²) in [5.74, 6) is 2.23. The van der Waals surface area contributed by atoms with Crippen LogP contribution < -0.4 is 4.74 Å². The van der Waals surface area contributed by atoms with Crippen molar-refractivity contribution in [1.82, 2.24) is 20.1 Å². The Hall–Kier alpha value is -1.63. The maximum Gasteiger partial charge on any atom is 0.317 e. The summed E-state index contributed by atoms with van der Waals surface area (Å²) < 4.78 is 10.5. The van der Waals surface area contributed by atoms with E-state index >= 15 is 0 Å². The van der Waals surface area contributed by atoms with E-state index in [0.717, 1.165) is 12.8 Å². The van der Waals surface area contributed by atoms with E-state index in [1.54, 1.807) is 12.3 Å². The van der Waals surface area contributed by atoms with Crippen molar-refractivity contribution in [3.8, 4) is 17.5 Å². The first-order valence-electron chi connectivity index (χ1n) is 5.77. The Morgan fingerprint density at radius 3 is 3.06 bits per heavy atom. The van der Waals surface area contributed by atoms with Crippen LogP contribution in [-0.4, -0.2) is 32.5 Å². The lowest BCUT2D eigenvalue weighted by atomic mass is 10.4. The zero-order chi connectivity index (χ0) is 12.4. The Morgan fingerprint density at radius 2 is 2.28 bits per heavy atom. The van der Waals surface area contributed by atoms with E-state index in [1.807, 2.05) is 0 Å². The van der Waals surface area contributed by atoms with Crippen LogP contribution in [0.15, 0.2) is 16.8 Å². The van der Waals surface area contributed by atoms with Crippen molar-refractivity contribution in [3.05, 3.63) is 18.2 Å². The van der Waals surface area contributed by atoms with Crippen molar-refractivity contribution in [2.45, 2.75) is 18.8 Å². The number of thiol groups is 1. The first-order valence-corrected chi connectivity index (χ1v) is 6.41. The molecule has 0 aromatic carbocycles. The summed E-state index contributed by atoms with van der Waals surface area (Å²) in [4.78, 5) is 12.5. The fourth-order valence-corrected chi connectivity index (χ4v) is 1.60. The van der Waals surface area contributed by atoms with Gasteiger partial charge in [-0.15, -0.1) is 0 Å². The second kappa shape index (κ2) is 4.93. The number of rotatable bonds is 5. The van der Waals surface area contributed by atoms with E-state index in [9.17, 15) is 0 Å². The van der Waals surface area contributed by atoms with Crippen LogP contribution in [-0.2, 0) is 0 Å². The van der Waals surface area contributed by atoms with Crippen molar-refractivity contribution in [2.24, 2.45) is 0 Å². The van der Waals surface area contributed by atoms with Crippen LogP contribution in [0.25, 0.3) is 11.5 Å². The fourth-order valence-electron chi connectivity index (χ4n) is 1.51. The Labute approximate surface area is 109 Å². The Balaban J connectivity index is 1.81. The molecule has 7 heteroatoms. The standard InChI is InChI=1S/C11H12N4O2S/c18-6-5-16-11-12-4-3-8(13-11)9-14-10(17-15-9)7-1-2-7/h3-4,7,18H,1-2,5-6H2. The predicted octanol–water partition coefficient (Wildman–Crippen LogP) is 1.71. The van der Waals surface area contributed by atoms with Gasteiger partial charge in [0.1, 0.15) is 12.3 Å². The van der Waals surface area contributed by atoms with Gasteiger partial charge in [-0.3, -0.25) is 0 Å². The van der Waals surface area contributed by atoms with Gasteiger partial charge in [0.05, 0.1) is 0 Å². The third kappa shape index (κ3) is 2.45. The molecule has 0 N–H and O–H groups in total. The molecule has 0 bridgehead atoms. The number of hydrogen-bond acceptors (Lipinski definition) is 7. The molecular formula is C11H12N4O2S. The van der Waals surface area contributed by atoms with Crippen LogP contribution in [0.4, 0.5) is 0 Å². The molecular weight excluding hydrogens is 252 g/mol. The van der Waals surface area contributed by atoms with E-state index in [2.05, 4.69) is 32.7 Å². The lowest BCUT2D eigenvalue weighted by Gasteiger charge is -2.01. The summed E-state index contributed by atoms with van der Waals surface area (Å²) in [6.07, 6.45) is 3.87. The van der Waals surface area contributed by atoms with Gasteiger partial charge in [0.25, 0.3) is 0 Å². The van der Waals surface area contributed by atoms with E-state index in [-0.39, 0.29) is 0 Å². The van der Waals surface area contributed by atoms with Crippen LogP contribution in [0.2, 0.25) is 0 Å². The van der Waals surface area contributed by atoms with Crippen LogP contribution in [0.5, 0.6) is 6.01 Å². The molecule has 0 unspecified atom stereocenters. The molecule has 0 atom stereocenters. The maximum atomic E-state index is 5.30. The number of nitrogens with zero attached hydrogens (tertiary/aromatic N) is 4. The molecule has 6 nitrogen and oxygen atoms in total. The molecule has 18 heavy (non-hydrogen) atoms. The van der Waals surface area contributed by atoms with Crippen molar-refractivity contribution in [2.75, 3.05) is 12.4 Å². The third-order valence-corrected chi connectivity index (χ3v) is 2.74. The zero-order valence-electron chi connectivity index (χ0n) is 9.61. The maximum absolute atomic E-state index is 5.30. The largest absolute Gasteiger partial charge is 0.463 e. The molecule has 2 aromatic rings. The van der Waals surface area contributed by atoms with Crippen LogP contribution in [0.3, 0.4) is 0 Å². The highest BCUT2D eigenvalue weighted by Crippen LogP contribution is 2.39. The minimum absolute atomic E-state index is 0.305. The first-order chi connectivity index (χ1) is 8.86. The summed E-state index contributed by atoms with van der Waals surface area (Å²) in [7, 11) is 0. The molecule has 0 amide bonds. The summed E-state index contributed by atoms with van der Waals surface area (Å²) >= 11 is 4.06. The van der Waals surface area contributed by atoms with E-state index in [4.69, 9.17) is 9.26 Å². The van der Waals surface area contributed by atoms with Crippen LogP contribution >= 0.6 is 12.6 Å². The van der Waals surface area contributed by atoms with Crippen molar-refractivity contribution in [3.63, 3.8) is 0 Å². The van der Waals surface area contributed by atoms with Gasteiger partial charge in [-0.2, -0.15) is 22.6 Å². The molecule has 2 aromatic heterocycles. The highest BCUT2D eigenvalue weighted by Gasteiger charge is 2.30. The van der Waals surface area contributed by atoms with Crippen molar-refractivity contribution in [1.29, 1.82) is 0 Å². The molecule has 0 aliphatic heterocycles. The van der Waals surface area contributed by atoms with Crippen molar-refractivity contribution >= 4 is 12.6 Å². The molecule has 1 aliphatic carbocycles. The second-order valence-electron chi connectivity index (χ2n) is 4.03. The molecule has 0 saturated heterocycles. The smallest absolute Gasteiger partial charge is 0.317 e. The summed E-state index contributed by atoms with van der Waals surface area (Å²) in [6, 6.07) is 2.04. The minimum Gasteiger partial charge on any atom is -0.463 e. The third-order valence-electron chi connectivity index (χ3n) is 2.55. The molecule has 1 aliphatic rings. The quantitative estimate of drug-likeness (QED) is 0.829. The van der Waals surface area contributed by atoms with E-state index in [1.165, 1.54) is 0 Å². The summed E-state index contributed by atoms with van der Waals surface area (Å²) in [6.45, 7) is 0.464. The predicted molar refractivity (Wildman–Crippen MR) is 66.6 cm³/mol. The minimum atomic E-state index is 0.305. The highest BCUT2D eigenvalue weighted by molar-refractivity contribution is 7.80. The van der Waals surface area contributed by atoms with E-state index in [0.29, 0.717) is 41.7 Å². The molecule has 0 radical (unpaired) electrons. The lowest BCUT2D eigenvalue weighted by Crippen LogP contribution is -2.02. The van der Waals surface area contributed by atoms with Gasteiger partial charge in [0.15, 0.2) is 0 Å². The average Bonchev–Trinajstić information content (AvgIpc) is 3.14. The summed E-state index contributed by atoms with van der Waals surface area (Å²) in [5.41, 5.74) is 0.606. The fraction of sp³-hybridized carbons (Fsp3) is 0.455. The molecule has 1 fully saturated rings. The number of ether oxygens (including phenoxy) is 1. The normalized spacial score (nSPS) is 14.7. The SMILES string of the molecule is SCCOc1nccc(-c2noc(C3CC3)n2)n1. The van der Waals surface area contributed by atoms with Gasteiger partial charge >= 0.3 is 6.01 Å². The Kier molecular flexibility index (Phi) is 3.14. The molecule has 2 heterocycles. The van der Waals surface area contributed by atoms with Gasteiger partial charge in [-0.25, -0.2) is 4.98 Å². The average molecular weight is 264 g/mol. The molecule has 1 saturated carbocycles. The van der Waals surface area contributed by atoms with Crippen LogP contribution in [0, 0.1) is 0 Å². The second-order valence-corrected chi connectivity index (χ2v) is 4.47. The summed E-state index contributed by atoms with van der Waals surface area (Å²) in [5, 5.41) is 3.92. The topological polar surface area (TPSA) is 73.9 Å². The Morgan fingerprint density at radius 1 is 1.39 bits per heavy atom. The van der Waals surface area contributed by atoms with Gasteiger partial charge in [0.2, 0.25) is 11.7 Å². The lowest BCUT2D eigenvalue weighted by molar-refractivity contribution is 0.316. The molecule has 3 rings (SSSR count).